The molecule has 0 atom stereocenters. The van der Waals surface area contributed by atoms with Crippen LogP contribution in [0.2, 0.25) is 0 Å². The second-order valence-corrected chi connectivity index (χ2v) is 4.09. The van der Waals surface area contributed by atoms with Crippen LogP contribution < -0.4 is 10.1 Å². The number of aromatic carboxylic acids is 1. The van der Waals surface area contributed by atoms with E-state index < -0.39 is 11.8 Å². The number of benzene rings is 2. The standard InChI is InChI=1S/C15H14FNO3/c16-13-10-11(15(18)19)6-7-14(13)17-8-9-20-12-4-2-1-3-5-12/h1-7,10,17H,8-9H2,(H,18,19). The average Bonchev–Trinajstić information content (AvgIpc) is 2.46. The minimum absolute atomic E-state index is 0.0754. The molecule has 5 heteroatoms. The zero-order valence-electron chi connectivity index (χ0n) is 10.7. The number of ether oxygens (including phenoxy) is 1. The molecule has 0 saturated heterocycles. The quantitative estimate of drug-likeness (QED) is 0.796. The lowest BCUT2D eigenvalue weighted by Crippen LogP contribution is -2.12. The van der Waals surface area contributed by atoms with Crippen molar-refractivity contribution in [3.63, 3.8) is 0 Å². The molecule has 0 fully saturated rings. The summed E-state index contributed by atoms with van der Waals surface area (Å²) in [5.74, 6) is -0.997. The first-order valence-corrected chi connectivity index (χ1v) is 6.11. The summed E-state index contributed by atoms with van der Waals surface area (Å²) in [7, 11) is 0. The van der Waals surface area contributed by atoms with E-state index in [1.165, 1.54) is 12.1 Å². The largest absolute Gasteiger partial charge is 0.492 e. The topological polar surface area (TPSA) is 58.6 Å². The van der Waals surface area contributed by atoms with Crippen LogP contribution in [0, 0.1) is 5.82 Å². The minimum atomic E-state index is -1.15. The van der Waals surface area contributed by atoms with Gasteiger partial charge in [-0.15, -0.1) is 0 Å². The van der Waals surface area contributed by atoms with E-state index in [1.54, 1.807) is 0 Å². The highest BCUT2D eigenvalue weighted by Crippen LogP contribution is 2.15. The Hall–Kier alpha value is -2.56. The van der Waals surface area contributed by atoms with Crippen LogP contribution >= 0.6 is 0 Å². The number of carboxylic acids is 1. The van der Waals surface area contributed by atoms with Gasteiger partial charge in [0.2, 0.25) is 0 Å². The highest BCUT2D eigenvalue weighted by molar-refractivity contribution is 5.88. The highest BCUT2D eigenvalue weighted by Gasteiger charge is 2.07. The summed E-state index contributed by atoms with van der Waals surface area (Å²) in [5.41, 5.74) is 0.181. The van der Waals surface area contributed by atoms with Crippen LogP contribution in [0.15, 0.2) is 48.5 Å². The number of nitrogens with one attached hydrogen (secondary N) is 1. The van der Waals surface area contributed by atoms with E-state index >= 15 is 0 Å². The van der Waals surface area contributed by atoms with Crippen LogP contribution in [0.5, 0.6) is 5.75 Å². The molecule has 4 nitrogen and oxygen atoms in total. The maximum absolute atomic E-state index is 13.6. The molecule has 2 aromatic rings. The second-order valence-electron chi connectivity index (χ2n) is 4.09. The summed E-state index contributed by atoms with van der Waals surface area (Å²) in [4.78, 5) is 10.7. The molecule has 0 radical (unpaired) electrons. The molecule has 2 rings (SSSR count). The first-order chi connectivity index (χ1) is 9.66. The Bertz CT molecular complexity index is 587. The van der Waals surface area contributed by atoms with Crippen LogP contribution in [-0.4, -0.2) is 24.2 Å². The number of anilines is 1. The molecule has 0 bridgehead atoms. The Kier molecular flexibility index (Phi) is 4.55. The molecule has 104 valence electrons. The molecule has 0 aliphatic rings. The van der Waals surface area contributed by atoms with Gasteiger partial charge in [-0.2, -0.15) is 0 Å². The van der Waals surface area contributed by atoms with E-state index in [2.05, 4.69) is 5.32 Å². The normalized spacial score (nSPS) is 10.1. The summed E-state index contributed by atoms with van der Waals surface area (Å²) in [5, 5.41) is 11.6. The van der Waals surface area contributed by atoms with Crippen molar-refractivity contribution >= 4 is 11.7 Å². The fraction of sp³-hybridized carbons (Fsp3) is 0.133. The van der Waals surface area contributed by atoms with Gasteiger partial charge >= 0.3 is 5.97 Å². The van der Waals surface area contributed by atoms with Gasteiger partial charge < -0.3 is 15.2 Å². The number of hydrogen-bond donors (Lipinski definition) is 2. The molecule has 0 amide bonds. The van der Waals surface area contributed by atoms with Crippen molar-refractivity contribution in [3.05, 3.63) is 59.9 Å². The van der Waals surface area contributed by atoms with Crippen molar-refractivity contribution in [1.29, 1.82) is 0 Å². The van der Waals surface area contributed by atoms with Crippen molar-refractivity contribution in [2.24, 2.45) is 0 Å². The highest BCUT2D eigenvalue weighted by atomic mass is 19.1. The number of carbonyl (C=O) groups is 1. The summed E-state index contributed by atoms with van der Waals surface area (Å²) in [6.45, 7) is 0.794. The van der Waals surface area contributed by atoms with Crippen LogP contribution in [-0.2, 0) is 0 Å². The van der Waals surface area contributed by atoms with Crippen LogP contribution in [0.1, 0.15) is 10.4 Å². The Morgan fingerprint density at radius 3 is 2.60 bits per heavy atom. The second kappa shape index (κ2) is 6.56. The van der Waals surface area contributed by atoms with Crippen molar-refractivity contribution in [2.75, 3.05) is 18.5 Å². The van der Waals surface area contributed by atoms with Gasteiger partial charge in [-0.25, -0.2) is 9.18 Å². The van der Waals surface area contributed by atoms with Crippen LogP contribution in [0.3, 0.4) is 0 Å². The van der Waals surface area contributed by atoms with Gasteiger partial charge in [0.1, 0.15) is 18.2 Å². The summed E-state index contributed by atoms with van der Waals surface area (Å²) in [6.07, 6.45) is 0. The Morgan fingerprint density at radius 1 is 1.20 bits per heavy atom. The van der Waals surface area contributed by atoms with Crippen LogP contribution in [0.4, 0.5) is 10.1 Å². The molecule has 0 heterocycles. The Labute approximate surface area is 115 Å². The lowest BCUT2D eigenvalue weighted by Gasteiger charge is -2.09. The third-order valence-electron chi connectivity index (χ3n) is 2.65. The Balaban J connectivity index is 1.84. The van der Waals surface area contributed by atoms with E-state index in [9.17, 15) is 9.18 Å². The van der Waals surface area contributed by atoms with E-state index in [4.69, 9.17) is 9.84 Å². The number of carboxylic acid groups (broad SMARTS) is 1. The lowest BCUT2D eigenvalue weighted by molar-refractivity contribution is 0.0696. The minimum Gasteiger partial charge on any atom is -0.492 e. The molecule has 0 saturated carbocycles. The van der Waals surface area contributed by atoms with Gasteiger partial charge in [0.05, 0.1) is 11.3 Å². The summed E-state index contributed by atoms with van der Waals surface area (Å²) < 4.78 is 19.0. The molecular weight excluding hydrogens is 261 g/mol. The van der Waals surface area contributed by atoms with Gasteiger partial charge in [-0.05, 0) is 30.3 Å². The third kappa shape index (κ3) is 3.71. The Morgan fingerprint density at radius 2 is 1.95 bits per heavy atom. The predicted molar refractivity (Wildman–Crippen MR) is 73.8 cm³/mol. The SMILES string of the molecule is O=C(O)c1ccc(NCCOc2ccccc2)c(F)c1. The van der Waals surface area contributed by atoms with Gasteiger partial charge in [0.15, 0.2) is 0 Å². The maximum Gasteiger partial charge on any atom is 0.335 e. The number of para-hydroxylation sites is 1. The van der Waals surface area contributed by atoms with Gasteiger partial charge in [-0.1, -0.05) is 18.2 Å². The molecule has 2 N–H and O–H groups in total. The third-order valence-corrected chi connectivity index (χ3v) is 2.65. The van der Waals surface area contributed by atoms with Gasteiger partial charge in [0.25, 0.3) is 0 Å². The molecule has 0 unspecified atom stereocenters. The molecule has 2 aromatic carbocycles. The number of halogens is 1. The van der Waals surface area contributed by atoms with E-state index in [1.807, 2.05) is 30.3 Å². The monoisotopic (exact) mass is 275 g/mol. The smallest absolute Gasteiger partial charge is 0.335 e. The summed E-state index contributed by atoms with van der Waals surface area (Å²) >= 11 is 0. The number of rotatable bonds is 6. The maximum atomic E-state index is 13.6. The zero-order valence-corrected chi connectivity index (χ0v) is 10.7. The summed E-state index contributed by atoms with van der Waals surface area (Å²) in [6, 6.07) is 13.0. The number of hydrogen-bond acceptors (Lipinski definition) is 3. The van der Waals surface area contributed by atoms with E-state index in [-0.39, 0.29) is 11.3 Å². The fourth-order valence-electron chi connectivity index (χ4n) is 1.66. The van der Waals surface area contributed by atoms with Gasteiger partial charge in [0, 0.05) is 6.54 Å². The predicted octanol–water partition coefficient (Wildman–Crippen LogP) is 3.01. The fourth-order valence-corrected chi connectivity index (χ4v) is 1.66. The van der Waals surface area contributed by atoms with Gasteiger partial charge in [-0.3, -0.25) is 0 Å². The molecular formula is C15H14FNO3. The first-order valence-electron chi connectivity index (χ1n) is 6.11. The molecule has 20 heavy (non-hydrogen) atoms. The molecule has 0 spiro atoms. The van der Waals surface area contributed by atoms with E-state index in [0.717, 1.165) is 11.8 Å². The van der Waals surface area contributed by atoms with E-state index in [0.29, 0.717) is 13.2 Å². The van der Waals surface area contributed by atoms with Crippen molar-refractivity contribution in [1.82, 2.24) is 0 Å². The van der Waals surface area contributed by atoms with Crippen molar-refractivity contribution in [3.8, 4) is 5.75 Å². The molecule has 0 aromatic heterocycles. The lowest BCUT2D eigenvalue weighted by atomic mass is 10.2. The molecule has 0 aliphatic heterocycles. The molecule has 0 aliphatic carbocycles. The van der Waals surface area contributed by atoms with Crippen molar-refractivity contribution < 1.29 is 19.0 Å². The van der Waals surface area contributed by atoms with Crippen molar-refractivity contribution in [2.45, 2.75) is 0 Å². The zero-order chi connectivity index (χ0) is 14.4. The first kappa shape index (κ1) is 13.9. The average molecular weight is 275 g/mol. The van der Waals surface area contributed by atoms with Crippen LogP contribution in [0.25, 0.3) is 0 Å².